The van der Waals surface area contributed by atoms with Crippen LogP contribution in [0.15, 0.2) is 54.6 Å². The monoisotopic (exact) mass is 356 g/mol. The summed E-state index contributed by atoms with van der Waals surface area (Å²) in [6.07, 6.45) is 0.0361. The van der Waals surface area contributed by atoms with Gasteiger partial charge in [0, 0.05) is 24.2 Å². The van der Waals surface area contributed by atoms with E-state index in [4.69, 9.17) is 0 Å². The van der Waals surface area contributed by atoms with Gasteiger partial charge in [0.25, 0.3) is 11.6 Å². The predicted octanol–water partition coefficient (Wildman–Crippen LogP) is 3.36. The zero-order chi connectivity index (χ0) is 19.1. The lowest BCUT2D eigenvalue weighted by molar-refractivity contribution is -0.384. The molecule has 0 aliphatic heterocycles. The number of hydrogen-bond donors (Lipinski definition) is 0. The molecule has 0 spiro atoms. The maximum atomic E-state index is 13.0. The SMILES string of the molecule is COC(=O)CCN(C(=O)c1cccc([N+](=O)[O-])c1)C(C)c1ccccc1. The number of carbonyl (C=O) groups is 2. The first-order chi connectivity index (χ1) is 12.4. The number of benzene rings is 2. The third-order valence-corrected chi connectivity index (χ3v) is 4.10. The smallest absolute Gasteiger partial charge is 0.307 e. The van der Waals surface area contributed by atoms with E-state index in [0.29, 0.717) is 0 Å². The molecular formula is C19H20N2O5. The summed E-state index contributed by atoms with van der Waals surface area (Å²) < 4.78 is 4.66. The molecule has 1 amide bonds. The molecule has 0 aliphatic carbocycles. The van der Waals surface area contributed by atoms with E-state index in [1.807, 2.05) is 37.3 Å². The van der Waals surface area contributed by atoms with Crippen molar-refractivity contribution in [2.45, 2.75) is 19.4 Å². The van der Waals surface area contributed by atoms with Gasteiger partial charge in [-0.1, -0.05) is 36.4 Å². The zero-order valence-corrected chi connectivity index (χ0v) is 14.6. The molecule has 26 heavy (non-hydrogen) atoms. The Morgan fingerprint density at radius 3 is 2.46 bits per heavy atom. The quantitative estimate of drug-likeness (QED) is 0.431. The lowest BCUT2D eigenvalue weighted by Crippen LogP contribution is -2.35. The molecule has 136 valence electrons. The fraction of sp³-hybridized carbons (Fsp3) is 0.263. The number of ether oxygens (including phenoxy) is 1. The molecule has 2 aromatic rings. The number of hydrogen-bond acceptors (Lipinski definition) is 5. The van der Waals surface area contributed by atoms with Gasteiger partial charge in [0.15, 0.2) is 0 Å². The average Bonchev–Trinajstić information content (AvgIpc) is 2.68. The molecular weight excluding hydrogens is 336 g/mol. The average molecular weight is 356 g/mol. The maximum absolute atomic E-state index is 13.0. The summed E-state index contributed by atoms with van der Waals surface area (Å²) >= 11 is 0. The van der Waals surface area contributed by atoms with Crippen molar-refractivity contribution < 1.29 is 19.2 Å². The molecule has 0 saturated heterocycles. The third-order valence-electron chi connectivity index (χ3n) is 4.10. The van der Waals surface area contributed by atoms with Crippen molar-refractivity contribution in [2.24, 2.45) is 0 Å². The third kappa shape index (κ3) is 4.66. The Kier molecular flexibility index (Phi) is 6.43. The first kappa shape index (κ1) is 19.1. The van der Waals surface area contributed by atoms with E-state index in [-0.39, 0.29) is 36.2 Å². The van der Waals surface area contributed by atoms with E-state index in [0.717, 1.165) is 5.56 Å². The molecule has 0 fully saturated rings. The minimum atomic E-state index is -0.545. The summed E-state index contributed by atoms with van der Waals surface area (Å²) in [7, 11) is 1.29. The first-order valence-electron chi connectivity index (χ1n) is 8.11. The Bertz CT molecular complexity index is 792. The highest BCUT2D eigenvalue weighted by Gasteiger charge is 2.24. The fourth-order valence-electron chi connectivity index (χ4n) is 2.61. The molecule has 0 aromatic heterocycles. The van der Waals surface area contributed by atoms with E-state index >= 15 is 0 Å². The number of carbonyl (C=O) groups excluding carboxylic acids is 2. The number of nitro benzene ring substituents is 1. The second kappa shape index (κ2) is 8.75. The minimum absolute atomic E-state index is 0.0361. The van der Waals surface area contributed by atoms with E-state index in [2.05, 4.69) is 4.74 Å². The van der Waals surface area contributed by atoms with E-state index < -0.39 is 10.9 Å². The van der Waals surface area contributed by atoms with Gasteiger partial charge in [-0.2, -0.15) is 0 Å². The molecule has 0 aliphatic rings. The van der Waals surface area contributed by atoms with Crippen molar-refractivity contribution in [3.63, 3.8) is 0 Å². The van der Waals surface area contributed by atoms with Gasteiger partial charge >= 0.3 is 5.97 Å². The summed E-state index contributed by atoms with van der Waals surface area (Å²) in [5.74, 6) is -0.809. The van der Waals surface area contributed by atoms with Gasteiger partial charge in [0.1, 0.15) is 0 Å². The van der Waals surface area contributed by atoms with Crippen molar-refractivity contribution in [1.82, 2.24) is 4.90 Å². The van der Waals surface area contributed by atoms with Crippen LogP contribution in [0, 0.1) is 10.1 Å². The largest absolute Gasteiger partial charge is 0.469 e. The summed E-state index contributed by atoms with van der Waals surface area (Å²) in [5, 5.41) is 11.0. The molecule has 1 atom stereocenters. The van der Waals surface area contributed by atoms with Crippen molar-refractivity contribution in [3.05, 3.63) is 75.8 Å². The van der Waals surface area contributed by atoms with Crippen molar-refractivity contribution >= 4 is 17.6 Å². The van der Waals surface area contributed by atoms with Gasteiger partial charge in [-0.3, -0.25) is 19.7 Å². The van der Waals surface area contributed by atoms with Gasteiger partial charge in [-0.05, 0) is 18.6 Å². The van der Waals surface area contributed by atoms with E-state index in [1.165, 1.54) is 36.3 Å². The van der Waals surface area contributed by atoms with Gasteiger partial charge < -0.3 is 9.64 Å². The number of nitro groups is 1. The Labute approximate surface area is 151 Å². The van der Waals surface area contributed by atoms with Crippen LogP contribution in [0.2, 0.25) is 0 Å². The number of amides is 1. The summed E-state index contributed by atoms with van der Waals surface area (Å²) in [5.41, 5.74) is 0.944. The van der Waals surface area contributed by atoms with Crippen LogP contribution < -0.4 is 0 Å². The Balaban J connectivity index is 2.32. The molecule has 0 saturated carbocycles. The predicted molar refractivity (Wildman–Crippen MR) is 95.6 cm³/mol. The molecule has 0 radical (unpaired) electrons. The van der Waals surface area contributed by atoms with Crippen LogP contribution in [0.5, 0.6) is 0 Å². The van der Waals surface area contributed by atoms with Crippen molar-refractivity contribution in [2.75, 3.05) is 13.7 Å². The van der Waals surface area contributed by atoms with Crippen LogP contribution in [-0.2, 0) is 9.53 Å². The van der Waals surface area contributed by atoms with Crippen LogP contribution in [0.3, 0.4) is 0 Å². The Hall–Kier alpha value is -3.22. The van der Waals surface area contributed by atoms with Crippen LogP contribution >= 0.6 is 0 Å². The maximum Gasteiger partial charge on any atom is 0.307 e. The molecule has 1 unspecified atom stereocenters. The number of rotatable bonds is 7. The highest BCUT2D eigenvalue weighted by molar-refractivity contribution is 5.95. The first-order valence-corrected chi connectivity index (χ1v) is 8.11. The van der Waals surface area contributed by atoms with Crippen LogP contribution in [0.4, 0.5) is 5.69 Å². The van der Waals surface area contributed by atoms with Crippen LogP contribution in [0.1, 0.15) is 35.3 Å². The molecule has 0 N–H and O–H groups in total. The molecule has 7 nitrogen and oxygen atoms in total. The highest BCUT2D eigenvalue weighted by Crippen LogP contribution is 2.24. The molecule has 0 bridgehead atoms. The molecule has 7 heteroatoms. The van der Waals surface area contributed by atoms with Crippen molar-refractivity contribution in [1.29, 1.82) is 0 Å². The number of methoxy groups -OCH3 is 1. The zero-order valence-electron chi connectivity index (χ0n) is 14.6. The fourth-order valence-corrected chi connectivity index (χ4v) is 2.61. The van der Waals surface area contributed by atoms with Crippen LogP contribution in [-0.4, -0.2) is 35.4 Å². The number of esters is 1. The van der Waals surface area contributed by atoms with E-state index in [1.54, 1.807) is 0 Å². The molecule has 2 aromatic carbocycles. The summed E-state index contributed by atoms with van der Waals surface area (Å²) in [6.45, 7) is 1.99. The van der Waals surface area contributed by atoms with Gasteiger partial charge in [0.05, 0.1) is 24.5 Å². The number of nitrogens with zero attached hydrogens (tertiary/aromatic N) is 2. The standard InChI is InChI=1S/C19H20N2O5/c1-14(15-7-4-3-5-8-15)20(12-11-18(22)26-2)19(23)16-9-6-10-17(13-16)21(24)25/h3-10,13-14H,11-12H2,1-2H3. The van der Waals surface area contributed by atoms with E-state index in [9.17, 15) is 19.7 Å². The molecule has 2 rings (SSSR count). The van der Waals surface area contributed by atoms with Gasteiger partial charge in [-0.15, -0.1) is 0 Å². The van der Waals surface area contributed by atoms with Gasteiger partial charge in [-0.25, -0.2) is 0 Å². The lowest BCUT2D eigenvalue weighted by atomic mass is 10.0. The van der Waals surface area contributed by atoms with Crippen LogP contribution in [0.25, 0.3) is 0 Å². The van der Waals surface area contributed by atoms with Crippen molar-refractivity contribution in [3.8, 4) is 0 Å². The molecule has 0 heterocycles. The normalized spacial score (nSPS) is 11.5. The second-order valence-electron chi connectivity index (χ2n) is 5.72. The lowest BCUT2D eigenvalue weighted by Gasteiger charge is -2.29. The van der Waals surface area contributed by atoms with Gasteiger partial charge in [0.2, 0.25) is 0 Å². The summed E-state index contributed by atoms with van der Waals surface area (Å²) in [6, 6.07) is 14.6. The summed E-state index contributed by atoms with van der Waals surface area (Å²) in [4.78, 5) is 36.5. The minimum Gasteiger partial charge on any atom is -0.469 e. The highest BCUT2D eigenvalue weighted by atomic mass is 16.6. The Morgan fingerprint density at radius 1 is 1.15 bits per heavy atom. The topological polar surface area (TPSA) is 89.8 Å². The second-order valence-corrected chi connectivity index (χ2v) is 5.72. The number of non-ortho nitro benzene ring substituents is 1. The Morgan fingerprint density at radius 2 is 1.85 bits per heavy atom.